The number of carbonyl (C=O) groups excluding carboxylic acids is 2. The van der Waals surface area contributed by atoms with Crippen LogP contribution in [0, 0.1) is 23.2 Å². The van der Waals surface area contributed by atoms with E-state index in [2.05, 4.69) is 16.7 Å². The van der Waals surface area contributed by atoms with Crippen molar-refractivity contribution in [3.8, 4) is 6.07 Å². The van der Waals surface area contributed by atoms with E-state index in [0.717, 1.165) is 24.5 Å². The van der Waals surface area contributed by atoms with E-state index in [0.29, 0.717) is 35.5 Å². The number of benzene rings is 1. The Morgan fingerprint density at radius 3 is 2.60 bits per heavy atom. The minimum atomic E-state index is -3.26. The number of aromatic nitrogens is 1. The number of carbonyl (C=O) groups is 2. The van der Waals surface area contributed by atoms with Gasteiger partial charge in [0.1, 0.15) is 21.6 Å². The molecule has 10 heteroatoms. The average Bonchev–Trinajstić information content (AvgIpc) is 3.14. The summed E-state index contributed by atoms with van der Waals surface area (Å²) >= 11 is 6.16. The molecule has 2 aromatic rings. The lowest BCUT2D eigenvalue weighted by molar-refractivity contribution is -0.127. The highest BCUT2D eigenvalue weighted by Crippen LogP contribution is 2.27. The van der Waals surface area contributed by atoms with Crippen LogP contribution in [0.25, 0.3) is 10.9 Å². The number of aryl methyl sites for hydroxylation is 1. The van der Waals surface area contributed by atoms with Crippen molar-refractivity contribution in [2.75, 3.05) is 12.0 Å². The number of fused-ring (bicyclic) bond motifs is 1. The van der Waals surface area contributed by atoms with Gasteiger partial charge in [0.25, 0.3) is 5.91 Å². The molecule has 1 aromatic carbocycles. The normalized spacial score (nSPS) is 19.3. The Labute approximate surface area is 211 Å². The van der Waals surface area contributed by atoms with Crippen molar-refractivity contribution in [2.24, 2.45) is 11.8 Å². The fourth-order valence-electron chi connectivity index (χ4n) is 4.67. The molecule has 3 rings (SSSR count). The number of rotatable bonds is 9. The molecular weight excluding hydrogens is 488 g/mol. The van der Waals surface area contributed by atoms with Crippen molar-refractivity contribution in [3.05, 3.63) is 35.0 Å². The lowest BCUT2D eigenvalue weighted by atomic mass is 9.83. The molecule has 0 aliphatic heterocycles. The van der Waals surface area contributed by atoms with E-state index in [-0.39, 0.29) is 36.1 Å². The fourth-order valence-corrected chi connectivity index (χ4v) is 5.35. The van der Waals surface area contributed by atoms with E-state index in [1.807, 2.05) is 13.8 Å². The Kier molecular flexibility index (Phi) is 8.84. The van der Waals surface area contributed by atoms with Crippen LogP contribution in [-0.2, 0) is 21.2 Å². The Morgan fingerprint density at radius 1 is 1.23 bits per heavy atom. The van der Waals surface area contributed by atoms with Crippen molar-refractivity contribution >= 4 is 44.2 Å². The molecule has 2 N–H and O–H groups in total. The first-order valence-corrected chi connectivity index (χ1v) is 14.4. The van der Waals surface area contributed by atoms with Crippen LogP contribution in [0.5, 0.6) is 0 Å². The molecule has 1 heterocycles. The van der Waals surface area contributed by atoms with Crippen LogP contribution in [0.15, 0.2) is 24.3 Å². The van der Waals surface area contributed by atoms with Crippen LogP contribution >= 0.6 is 11.6 Å². The Bertz CT molecular complexity index is 1230. The van der Waals surface area contributed by atoms with Gasteiger partial charge in [-0.2, -0.15) is 5.26 Å². The maximum absolute atomic E-state index is 13.4. The number of hydrogen-bond acceptors (Lipinski definition) is 5. The number of nitrogens with zero attached hydrogens (tertiary/aromatic N) is 2. The van der Waals surface area contributed by atoms with E-state index >= 15 is 0 Å². The summed E-state index contributed by atoms with van der Waals surface area (Å²) in [4.78, 5) is 26.4. The van der Waals surface area contributed by atoms with Gasteiger partial charge < -0.3 is 15.2 Å². The first-order valence-electron chi connectivity index (χ1n) is 12.0. The summed E-state index contributed by atoms with van der Waals surface area (Å²) in [6.45, 7) is 4.10. The molecule has 1 saturated carbocycles. The molecule has 0 bridgehead atoms. The third-order valence-electron chi connectivity index (χ3n) is 6.38. The summed E-state index contributed by atoms with van der Waals surface area (Å²) in [5, 5.41) is 16.6. The SMILES string of the molecule is CC(C)C[C@@H](C#N)NC(=O)[C@@H]1CCCC[C@@H]1NC(=O)c1cc2ccc(Cl)cc2n1CCS(C)(=O)=O. The molecule has 0 unspecified atom stereocenters. The van der Waals surface area contributed by atoms with Gasteiger partial charge in [0.05, 0.1) is 23.3 Å². The number of hydrogen-bond donors (Lipinski definition) is 2. The molecule has 8 nitrogen and oxygen atoms in total. The number of sulfone groups is 1. The highest BCUT2D eigenvalue weighted by Gasteiger charge is 2.34. The highest BCUT2D eigenvalue weighted by molar-refractivity contribution is 7.90. The third-order valence-corrected chi connectivity index (χ3v) is 7.54. The number of halogens is 1. The molecular formula is C25H33ClN4O4S. The summed E-state index contributed by atoms with van der Waals surface area (Å²) in [6, 6.07) is 8.15. The lowest BCUT2D eigenvalue weighted by Crippen LogP contribution is -2.50. The van der Waals surface area contributed by atoms with Crippen LogP contribution in [-0.4, -0.2) is 48.9 Å². The second kappa shape index (κ2) is 11.4. The van der Waals surface area contributed by atoms with Gasteiger partial charge in [-0.25, -0.2) is 8.42 Å². The number of amides is 2. The van der Waals surface area contributed by atoms with Gasteiger partial charge in [-0.05, 0) is 43.4 Å². The Balaban J connectivity index is 1.83. The lowest BCUT2D eigenvalue weighted by Gasteiger charge is -2.32. The fraction of sp³-hybridized carbons (Fsp3) is 0.560. The third kappa shape index (κ3) is 7.21. The quantitative estimate of drug-likeness (QED) is 0.522. The minimum Gasteiger partial charge on any atom is -0.347 e. The van der Waals surface area contributed by atoms with Crippen LogP contribution < -0.4 is 10.6 Å². The van der Waals surface area contributed by atoms with Crippen molar-refractivity contribution in [1.82, 2.24) is 15.2 Å². The topological polar surface area (TPSA) is 121 Å². The van der Waals surface area contributed by atoms with Gasteiger partial charge >= 0.3 is 0 Å². The molecule has 2 amide bonds. The molecule has 0 saturated heterocycles. The van der Waals surface area contributed by atoms with Crippen molar-refractivity contribution < 1.29 is 18.0 Å². The maximum atomic E-state index is 13.4. The van der Waals surface area contributed by atoms with Gasteiger partial charge in [-0.3, -0.25) is 9.59 Å². The van der Waals surface area contributed by atoms with Crippen LogP contribution in [0.1, 0.15) is 56.4 Å². The van der Waals surface area contributed by atoms with E-state index in [1.54, 1.807) is 28.8 Å². The summed E-state index contributed by atoms with van der Waals surface area (Å²) in [6.07, 6.45) is 4.76. The zero-order valence-corrected chi connectivity index (χ0v) is 22.0. The van der Waals surface area contributed by atoms with Crippen LogP contribution in [0.2, 0.25) is 5.02 Å². The molecule has 1 fully saturated rings. The minimum absolute atomic E-state index is 0.110. The van der Waals surface area contributed by atoms with Crippen molar-refractivity contribution in [1.29, 1.82) is 5.26 Å². The van der Waals surface area contributed by atoms with Crippen LogP contribution in [0.4, 0.5) is 0 Å². The van der Waals surface area contributed by atoms with E-state index < -0.39 is 21.8 Å². The van der Waals surface area contributed by atoms with Gasteiger partial charge in [-0.15, -0.1) is 0 Å². The molecule has 1 aliphatic rings. The van der Waals surface area contributed by atoms with Gasteiger partial charge in [0.2, 0.25) is 5.91 Å². The molecule has 1 aromatic heterocycles. The Morgan fingerprint density at radius 2 is 1.94 bits per heavy atom. The maximum Gasteiger partial charge on any atom is 0.268 e. The van der Waals surface area contributed by atoms with Crippen LogP contribution in [0.3, 0.4) is 0 Å². The molecule has 0 spiro atoms. The smallest absolute Gasteiger partial charge is 0.268 e. The predicted octanol–water partition coefficient (Wildman–Crippen LogP) is 3.68. The Hall–Kier alpha value is -2.57. The standard InChI is InChI=1S/C25H33ClN4O4S/c1-16(2)12-19(15-27)28-24(31)20-6-4-5-7-21(20)29-25(32)23-13-17-8-9-18(26)14-22(17)30(23)10-11-35(3,33)34/h8-9,13-14,16,19-21H,4-7,10-12H2,1-3H3,(H,28,31)(H,29,32)/t19-,20+,21-/m0/s1. The largest absolute Gasteiger partial charge is 0.347 e. The van der Waals surface area contributed by atoms with Gasteiger partial charge in [0, 0.05) is 29.3 Å². The number of nitrogens with one attached hydrogen (secondary N) is 2. The molecule has 1 aliphatic carbocycles. The summed E-state index contributed by atoms with van der Waals surface area (Å²) in [5.74, 6) is -0.868. The molecule has 3 atom stereocenters. The van der Waals surface area contributed by atoms with Gasteiger partial charge in [-0.1, -0.05) is 44.4 Å². The zero-order chi connectivity index (χ0) is 25.8. The second-order valence-corrected chi connectivity index (χ2v) is 12.5. The van der Waals surface area contributed by atoms with Gasteiger partial charge in [0.15, 0.2) is 0 Å². The number of nitriles is 1. The zero-order valence-electron chi connectivity index (χ0n) is 20.4. The first-order chi connectivity index (χ1) is 16.5. The predicted molar refractivity (Wildman–Crippen MR) is 137 cm³/mol. The van der Waals surface area contributed by atoms with E-state index in [4.69, 9.17) is 11.6 Å². The highest BCUT2D eigenvalue weighted by atomic mass is 35.5. The average molecular weight is 521 g/mol. The van der Waals surface area contributed by atoms with Crippen molar-refractivity contribution in [2.45, 2.75) is 64.6 Å². The van der Waals surface area contributed by atoms with E-state index in [9.17, 15) is 23.3 Å². The second-order valence-electron chi connectivity index (χ2n) is 9.80. The summed E-state index contributed by atoms with van der Waals surface area (Å²) < 4.78 is 25.3. The first kappa shape index (κ1) is 27.0. The molecule has 0 radical (unpaired) electrons. The molecule has 35 heavy (non-hydrogen) atoms. The monoisotopic (exact) mass is 520 g/mol. The van der Waals surface area contributed by atoms with Crippen molar-refractivity contribution in [3.63, 3.8) is 0 Å². The summed E-state index contributed by atoms with van der Waals surface area (Å²) in [7, 11) is -3.26. The summed E-state index contributed by atoms with van der Waals surface area (Å²) in [5.41, 5.74) is 1.00. The molecule has 190 valence electrons. The van der Waals surface area contributed by atoms with E-state index in [1.165, 1.54) is 0 Å².